The molecule has 2 N–H and O–H groups in total. The number of hydrogen-bond donors (Lipinski definition) is 2. The van der Waals surface area contributed by atoms with Gasteiger partial charge in [0.05, 0.1) is 0 Å². The molecule has 0 aliphatic heterocycles. The smallest absolute Gasteiger partial charge is 0.327 e. The molecule has 0 unspecified atom stereocenters. The molecule has 0 radical (unpaired) electrons. The minimum Gasteiger partial charge on any atom is -0.480 e. The van der Waals surface area contributed by atoms with Crippen molar-refractivity contribution in [2.45, 2.75) is 50.5 Å². The van der Waals surface area contributed by atoms with E-state index in [0.717, 1.165) is 41.5 Å². The highest BCUT2D eigenvalue weighted by molar-refractivity contribution is 5.91. The zero-order valence-electron chi connectivity index (χ0n) is 17.0. The van der Waals surface area contributed by atoms with Crippen molar-refractivity contribution in [2.75, 3.05) is 0 Å². The normalized spacial score (nSPS) is 31.8. The molecule has 0 spiro atoms. The van der Waals surface area contributed by atoms with Crippen LogP contribution in [0.5, 0.6) is 0 Å². The van der Waals surface area contributed by atoms with E-state index in [1.807, 2.05) is 48.5 Å². The summed E-state index contributed by atoms with van der Waals surface area (Å²) >= 11 is 0. The third-order valence-corrected chi connectivity index (χ3v) is 8.29. The van der Waals surface area contributed by atoms with Crippen LogP contribution in [0.4, 0.5) is 0 Å². The highest BCUT2D eigenvalue weighted by Gasteiger charge is 2.55. The van der Waals surface area contributed by atoms with Crippen molar-refractivity contribution in [3.05, 3.63) is 59.7 Å². The lowest BCUT2D eigenvalue weighted by atomic mass is 9.49. The topological polar surface area (TPSA) is 66.4 Å². The van der Waals surface area contributed by atoms with Crippen molar-refractivity contribution in [1.82, 2.24) is 5.32 Å². The van der Waals surface area contributed by atoms with Crippen molar-refractivity contribution in [3.63, 3.8) is 0 Å². The summed E-state index contributed by atoms with van der Waals surface area (Å²) in [7, 11) is 0. The average molecular weight is 402 g/mol. The Hall–Kier alpha value is -2.62. The molecule has 0 heterocycles. The molecule has 0 saturated heterocycles. The first kappa shape index (κ1) is 18.2. The Morgan fingerprint density at radius 2 is 1.30 bits per heavy atom. The van der Waals surface area contributed by atoms with Gasteiger partial charge in [0.25, 0.3) is 0 Å². The van der Waals surface area contributed by atoms with Crippen LogP contribution in [0.2, 0.25) is 0 Å². The van der Waals surface area contributed by atoms with Crippen LogP contribution in [0.1, 0.15) is 55.6 Å². The standard InChI is InChI=1S/C26H27NO3/c28-24(29)23(22-20-7-3-1-5-18(20)19-6-2-4-8-21(19)22)27-25(30)26-12-15-9-16(13-26)11-17(10-15)14-26/h1-8,15-17,22-23H,9-14H2,(H,27,30)(H,28,29)/t15?,16?,17?,23-,26?/m1/s1. The number of rotatable bonds is 4. The predicted octanol–water partition coefficient (Wildman–Crippen LogP) is 4.58. The van der Waals surface area contributed by atoms with Gasteiger partial charge in [-0.3, -0.25) is 4.79 Å². The predicted molar refractivity (Wildman–Crippen MR) is 114 cm³/mol. The molecule has 4 bridgehead atoms. The molecule has 30 heavy (non-hydrogen) atoms. The molecule has 5 aliphatic rings. The number of carboxylic acids is 1. The van der Waals surface area contributed by atoms with Crippen molar-refractivity contribution in [1.29, 1.82) is 0 Å². The van der Waals surface area contributed by atoms with Crippen LogP contribution in [-0.2, 0) is 9.59 Å². The number of fused-ring (bicyclic) bond motifs is 3. The third kappa shape index (κ3) is 2.59. The van der Waals surface area contributed by atoms with Crippen LogP contribution in [0.3, 0.4) is 0 Å². The lowest BCUT2D eigenvalue weighted by Gasteiger charge is -2.55. The number of carboxylic acid groups (broad SMARTS) is 1. The lowest BCUT2D eigenvalue weighted by Crippen LogP contribution is -2.57. The Morgan fingerprint density at radius 1 is 0.833 bits per heavy atom. The Bertz CT molecular complexity index is 961. The number of hydrogen-bond acceptors (Lipinski definition) is 2. The maximum atomic E-state index is 13.6. The molecule has 4 nitrogen and oxygen atoms in total. The van der Waals surface area contributed by atoms with Gasteiger partial charge in [0, 0.05) is 11.3 Å². The van der Waals surface area contributed by atoms with Crippen molar-refractivity contribution >= 4 is 11.9 Å². The Balaban J connectivity index is 1.36. The fourth-order valence-corrected chi connectivity index (χ4v) is 7.52. The van der Waals surface area contributed by atoms with Crippen LogP contribution in [0, 0.1) is 23.2 Å². The second kappa shape index (κ2) is 6.44. The highest BCUT2D eigenvalue weighted by Crippen LogP contribution is 2.60. The minimum atomic E-state index is -0.954. The monoisotopic (exact) mass is 401 g/mol. The summed E-state index contributed by atoms with van der Waals surface area (Å²) in [5, 5.41) is 13.3. The molecule has 154 valence electrons. The number of carbonyl (C=O) groups is 2. The summed E-state index contributed by atoms with van der Waals surface area (Å²) in [5.41, 5.74) is 3.80. The Kier molecular flexibility index (Phi) is 3.90. The molecule has 0 aromatic heterocycles. The van der Waals surface area contributed by atoms with Crippen LogP contribution < -0.4 is 5.32 Å². The molecule has 2 aromatic carbocycles. The summed E-state index contributed by atoms with van der Waals surface area (Å²) in [5.74, 6) is 0.628. The first-order chi connectivity index (χ1) is 14.5. The van der Waals surface area contributed by atoms with Crippen LogP contribution >= 0.6 is 0 Å². The molecule has 4 saturated carbocycles. The van der Waals surface area contributed by atoms with Crippen molar-refractivity contribution in [2.24, 2.45) is 23.2 Å². The number of benzene rings is 2. The first-order valence-corrected chi connectivity index (χ1v) is 11.3. The number of nitrogens with one attached hydrogen (secondary N) is 1. The molecule has 4 heteroatoms. The third-order valence-electron chi connectivity index (χ3n) is 8.29. The molecular formula is C26H27NO3. The molecule has 2 aromatic rings. The summed E-state index contributed by atoms with van der Waals surface area (Å²) in [6.07, 6.45) is 6.60. The quantitative estimate of drug-likeness (QED) is 0.788. The van der Waals surface area contributed by atoms with E-state index in [0.29, 0.717) is 17.8 Å². The first-order valence-electron chi connectivity index (χ1n) is 11.3. The second-order valence-electron chi connectivity index (χ2n) is 10.1. The van der Waals surface area contributed by atoms with E-state index in [2.05, 4.69) is 5.32 Å². The molecule has 7 rings (SSSR count). The fourth-order valence-electron chi connectivity index (χ4n) is 7.52. The van der Waals surface area contributed by atoms with E-state index in [1.165, 1.54) is 19.3 Å². The van der Waals surface area contributed by atoms with Gasteiger partial charge in [-0.1, -0.05) is 48.5 Å². The van der Waals surface area contributed by atoms with Gasteiger partial charge in [-0.05, 0) is 78.5 Å². The molecule has 5 aliphatic carbocycles. The van der Waals surface area contributed by atoms with E-state index in [4.69, 9.17) is 0 Å². The van der Waals surface area contributed by atoms with Gasteiger partial charge in [0.1, 0.15) is 6.04 Å². The van der Waals surface area contributed by atoms with Crippen LogP contribution in [0.25, 0.3) is 11.1 Å². The molecule has 1 amide bonds. The number of aliphatic carboxylic acids is 1. The summed E-state index contributed by atoms with van der Waals surface area (Å²) in [6, 6.07) is 15.1. The van der Waals surface area contributed by atoms with Gasteiger partial charge >= 0.3 is 5.97 Å². The van der Waals surface area contributed by atoms with E-state index < -0.39 is 12.0 Å². The SMILES string of the molecule is O=C(O)[C@H](NC(=O)C12CC3CC(CC(C3)C1)C2)C1c2ccccc2-c2ccccc21. The van der Waals surface area contributed by atoms with E-state index in [1.54, 1.807) is 0 Å². The van der Waals surface area contributed by atoms with Gasteiger partial charge in [0.15, 0.2) is 0 Å². The maximum absolute atomic E-state index is 13.6. The summed E-state index contributed by atoms with van der Waals surface area (Å²) in [4.78, 5) is 26.1. The van der Waals surface area contributed by atoms with E-state index >= 15 is 0 Å². The summed E-state index contributed by atoms with van der Waals surface area (Å²) < 4.78 is 0. The molecule has 1 atom stereocenters. The zero-order valence-corrected chi connectivity index (χ0v) is 17.0. The fraction of sp³-hybridized carbons (Fsp3) is 0.462. The Morgan fingerprint density at radius 3 is 1.77 bits per heavy atom. The van der Waals surface area contributed by atoms with Gasteiger partial charge < -0.3 is 10.4 Å². The minimum absolute atomic E-state index is 0.0177. The lowest BCUT2D eigenvalue weighted by molar-refractivity contribution is -0.151. The van der Waals surface area contributed by atoms with Crippen LogP contribution in [0.15, 0.2) is 48.5 Å². The second-order valence-corrected chi connectivity index (χ2v) is 10.1. The maximum Gasteiger partial charge on any atom is 0.327 e. The number of carbonyl (C=O) groups excluding carboxylic acids is 1. The van der Waals surface area contributed by atoms with Gasteiger partial charge in [-0.15, -0.1) is 0 Å². The Labute approximate surface area is 176 Å². The van der Waals surface area contributed by atoms with Crippen molar-refractivity contribution < 1.29 is 14.7 Å². The van der Waals surface area contributed by atoms with Gasteiger partial charge in [-0.25, -0.2) is 4.79 Å². The van der Waals surface area contributed by atoms with Gasteiger partial charge in [-0.2, -0.15) is 0 Å². The molecular weight excluding hydrogens is 374 g/mol. The number of amides is 1. The zero-order chi connectivity index (χ0) is 20.5. The largest absolute Gasteiger partial charge is 0.480 e. The highest BCUT2D eigenvalue weighted by atomic mass is 16.4. The van der Waals surface area contributed by atoms with Crippen LogP contribution in [-0.4, -0.2) is 23.0 Å². The van der Waals surface area contributed by atoms with E-state index in [-0.39, 0.29) is 17.2 Å². The molecule has 4 fully saturated rings. The average Bonchev–Trinajstić information content (AvgIpc) is 3.05. The van der Waals surface area contributed by atoms with Crippen molar-refractivity contribution in [3.8, 4) is 11.1 Å². The van der Waals surface area contributed by atoms with Gasteiger partial charge in [0.2, 0.25) is 5.91 Å². The summed E-state index contributed by atoms with van der Waals surface area (Å²) in [6.45, 7) is 0. The van der Waals surface area contributed by atoms with E-state index in [9.17, 15) is 14.7 Å².